The van der Waals surface area contributed by atoms with Crippen LogP contribution in [0.15, 0.2) is 41.8 Å². The second-order valence-electron chi connectivity index (χ2n) is 5.74. The van der Waals surface area contributed by atoms with Gasteiger partial charge in [-0.3, -0.25) is 5.84 Å². The first-order chi connectivity index (χ1) is 10.2. The minimum absolute atomic E-state index is 0.0710. The zero-order valence-electron chi connectivity index (χ0n) is 12.3. The van der Waals surface area contributed by atoms with Gasteiger partial charge in [0.1, 0.15) is 0 Å². The topological polar surface area (TPSA) is 38.0 Å². The van der Waals surface area contributed by atoms with Crippen LogP contribution in [0, 0.1) is 5.92 Å². The predicted molar refractivity (Wildman–Crippen MR) is 93.9 cm³/mol. The maximum Gasteiger partial charge on any atom is 0.0803 e. The molecule has 2 nitrogen and oxygen atoms in total. The van der Waals surface area contributed by atoms with E-state index in [9.17, 15) is 0 Å². The average molecular weight is 316 g/mol. The number of fused-ring (bicyclic) bond motifs is 1. The van der Waals surface area contributed by atoms with Gasteiger partial charge in [0.15, 0.2) is 0 Å². The number of hydrazine groups is 1. The van der Waals surface area contributed by atoms with E-state index in [0.29, 0.717) is 5.92 Å². The second-order valence-corrected chi connectivity index (χ2v) is 7.80. The number of nitrogens with two attached hydrogens (primary N) is 1. The molecule has 0 radical (unpaired) electrons. The Morgan fingerprint density at radius 2 is 2.00 bits per heavy atom. The number of benzene rings is 1. The van der Waals surface area contributed by atoms with E-state index in [1.807, 2.05) is 11.3 Å². The molecule has 3 N–H and O–H groups in total. The Hall–Kier alpha value is -1.20. The Morgan fingerprint density at radius 1 is 1.14 bits per heavy atom. The van der Waals surface area contributed by atoms with Gasteiger partial charge in [0.05, 0.1) is 6.04 Å². The molecule has 2 heterocycles. The van der Waals surface area contributed by atoms with Crippen LogP contribution in [0.1, 0.15) is 35.9 Å². The third-order valence-electron chi connectivity index (χ3n) is 3.54. The third kappa shape index (κ3) is 3.19. The molecule has 0 saturated heterocycles. The zero-order chi connectivity index (χ0) is 14.8. The van der Waals surface area contributed by atoms with Gasteiger partial charge in [-0.1, -0.05) is 38.1 Å². The van der Waals surface area contributed by atoms with Gasteiger partial charge in [0, 0.05) is 14.3 Å². The summed E-state index contributed by atoms with van der Waals surface area (Å²) >= 11 is 3.60. The van der Waals surface area contributed by atoms with Crippen LogP contribution < -0.4 is 11.3 Å². The van der Waals surface area contributed by atoms with Gasteiger partial charge < -0.3 is 0 Å². The first kappa shape index (κ1) is 14.7. The summed E-state index contributed by atoms with van der Waals surface area (Å²) in [7, 11) is 0. The average Bonchev–Trinajstić information content (AvgIpc) is 3.00. The number of hydrogen-bond donors (Lipinski definition) is 2. The molecule has 0 aliphatic heterocycles. The fourth-order valence-electron chi connectivity index (χ4n) is 2.64. The van der Waals surface area contributed by atoms with Crippen LogP contribution in [0.5, 0.6) is 0 Å². The zero-order valence-corrected chi connectivity index (χ0v) is 13.9. The summed E-state index contributed by atoms with van der Waals surface area (Å²) in [5, 5.41) is 2.14. The number of nitrogens with one attached hydrogen (secondary N) is 1. The van der Waals surface area contributed by atoms with Crippen molar-refractivity contribution < 1.29 is 0 Å². The van der Waals surface area contributed by atoms with E-state index in [4.69, 9.17) is 5.84 Å². The highest BCUT2D eigenvalue weighted by molar-refractivity contribution is 7.27. The van der Waals surface area contributed by atoms with Crippen molar-refractivity contribution >= 4 is 32.1 Å². The van der Waals surface area contributed by atoms with E-state index in [1.165, 1.54) is 25.4 Å². The first-order valence-corrected chi connectivity index (χ1v) is 8.89. The molecule has 3 rings (SSSR count). The highest BCUT2D eigenvalue weighted by atomic mass is 32.1. The standard InChI is InChI=1S/C17H20N2S2/c1-11(2)8-12-4-3-5-13(9-12)17(19-18)16-10-15-14(21-16)6-7-20-15/h3-7,9-11,17,19H,8,18H2,1-2H3. The minimum Gasteiger partial charge on any atom is -0.271 e. The molecule has 2 aromatic heterocycles. The first-order valence-electron chi connectivity index (χ1n) is 7.19. The Bertz CT molecular complexity index is 699. The normalized spacial score (nSPS) is 13.1. The lowest BCUT2D eigenvalue weighted by molar-refractivity contribution is 0.633. The van der Waals surface area contributed by atoms with Crippen LogP contribution in [-0.4, -0.2) is 0 Å². The Labute approximate surface area is 133 Å². The van der Waals surface area contributed by atoms with Gasteiger partial charge in [0.25, 0.3) is 0 Å². The Kier molecular flexibility index (Phi) is 4.40. The van der Waals surface area contributed by atoms with Gasteiger partial charge in [-0.15, -0.1) is 22.7 Å². The molecule has 0 fully saturated rings. The monoisotopic (exact) mass is 316 g/mol. The molecule has 3 aromatic rings. The van der Waals surface area contributed by atoms with Crippen molar-refractivity contribution in [2.45, 2.75) is 26.3 Å². The maximum atomic E-state index is 5.84. The summed E-state index contributed by atoms with van der Waals surface area (Å²) in [5.41, 5.74) is 5.60. The molecule has 0 bridgehead atoms. The van der Waals surface area contributed by atoms with E-state index in [2.05, 4.69) is 61.1 Å². The number of rotatable bonds is 5. The molecular weight excluding hydrogens is 296 g/mol. The SMILES string of the molecule is CC(C)Cc1cccc(C(NN)c2cc3sccc3s2)c1. The highest BCUT2D eigenvalue weighted by Crippen LogP contribution is 2.35. The third-order valence-corrected chi connectivity index (χ3v) is 5.70. The summed E-state index contributed by atoms with van der Waals surface area (Å²) in [6, 6.07) is 13.3. The fourth-order valence-corrected chi connectivity index (χ4v) is 4.85. The lowest BCUT2D eigenvalue weighted by Crippen LogP contribution is -2.28. The highest BCUT2D eigenvalue weighted by Gasteiger charge is 2.16. The van der Waals surface area contributed by atoms with Crippen molar-refractivity contribution in [3.05, 3.63) is 57.8 Å². The summed E-state index contributed by atoms with van der Waals surface area (Å²) in [6.45, 7) is 4.50. The van der Waals surface area contributed by atoms with Crippen LogP contribution in [0.25, 0.3) is 9.40 Å². The number of hydrogen-bond acceptors (Lipinski definition) is 4. The Balaban J connectivity index is 1.93. The molecule has 1 atom stereocenters. The van der Waals surface area contributed by atoms with Crippen molar-refractivity contribution in [1.29, 1.82) is 0 Å². The van der Waals surface area contributed by atoms with Gasteiger partial charge >= 0.3 is 0 Å². The molecule has 0 amide bonds. The lowest BCUT2D eigenvalue weighted by atomic mass is 9.98. The Morgan fingerprint density at radius 3 is 2.71 bits per heavy atom. The fraction of sp³-hybridized carbons (Fsp3) is 0.294. The molecule has 0 saturated carbocycles. The number of thiophene rings is 2. The van der Waals surface area contributed by atoms with Crippen molar-refractivity contribution in [2.24, 2.45) is 11.8 Å². The van der Waals surface area contributed by atoms with Crippen molar-refractivity contribution in [2.75, 3.05) is 0 Å². The van der Waals surface area contributed by atoms with Crippen molar-refractivity contribution in [3.8, 4) is 0 Å². The quantitative estimate of drug-likeness (QED) is 0.528. The van der Waals surface area contributed by atoms with E-state index in [-0.39, 0.29) is 6.04 Å². The minimum atomic E-state index is 0.0710. The van der Waals surface area contributed by atoms with E-state index in [0.717, 1.165) is 6.42 Å². The summed E-state index contributed by atoms with van der Waals surface area (Å²) in [4.78, 5) is 1.28. The van der Waals surface area contributed by atoms with Crippen molar-refractivity contribution in [3.63, 3.8) is 0 Å². The predicted octanol–water partition coefficient (Wildman–Crippen LogP) is 4.71. The summed E-state index contributed by atoms with van der Waals surface area (Å²) in [6.07, 6.45) is 1.10. The van der Waals surface area contributed by atoms with E-state index in [1.54, 1.807) is 11.3 Å². The van der Waals surface area contributed by atoms with Gasteiger partial charge in [-0.05, 0) is 41.0 Å². The molecule has 1 unspecified atom stereocenters. The molecule has 0 aliphatic rings. The summed E-state index contributed by atoms with van der Waals surface area (Å²) < 4.78 is 2.68. The van der Waals surface area contributed by atoms with Gasteiger partial charge in [0.2, 0.25) is 0 Å². The van der Waals surface area contributed by atoms with E-state index < -0.39 is 0 Å². The van der Waals surface area contributed by atoms with Crippen molar-refractivity contribution in [1.82, 2.24) is 5.43 Å². The molecule has 4 heteroatoms. The smallest absolute Gasteiger partial charge is 0.0803 e. The van der Waals surface area contributed by atoms with E-state index >= 15 is 0 Å². The van der Waals surface area contributed by atoms with Crippen LogP contribution in [-0.2, 0) is 6.42 Å². The van der Waals surface area contributed by atoms with Crippen LogP contribution in [0.3, 0.4) is 0 Å². The van der Waals surface area contributed by atoms with Crippen LogP contribution in [0.2, 0.25) is 0 Å². The second kappa shape index (κ2) is 6.28. The molecule has 0 aliphatic carbocycles. The lowest BCUT2D eigenvalue weighted by Gasteiger charge is -2.16. The molecule has 1 aromatic carbocycles. The molecule has 110 valence electrons. The van der Waals surface area contributed by atoms with Crippen LogP contribution in [0.4, 0.5) is 0 Å². The van der Waals surface area contributed by atoms with Gasteiger partial charge in [-0.25, -0.2) is 5.43 Å². The largest absolute Gasteiger partial charge is 0.271 e. The van der Waals surface area contributed by atoms with Gasteiger partial charge in [-0.2, -0.15) is 0 Å². The molecule has 0 spiro atoms. The maximum absolute atomic E-state index is 5.84. The molecular formula is C17H20N2S2. The van der Waals surface area contributed by atoms with Crippen LogP contribution >= 0.6 is 22.7 Å². The summed E-state index contributed by atoms with van der Waals surface area (Å²) in [5.74, 6) is 6.50. The molecule has 21 heavy (non-hydrogen) atoms.